The van der Waals surface area contributed by atoms with Gasteiger partial charge in [-0.3, -0.25) is 9.48 Å². The summed E-state index contributed by atoms with van der Waals surface area (Å²) in [4.78, 5) is 21.6. The molecule has 0 aliphatic carbocycles. The first-order valence-corrected chi connectivity index (χ1v) is 7.63. The highest BCUT2D eigenvalue weighted by molar-refractivity contribution is 6.04. The fourth-order valence-electron chi connectivity index (χ4n) is 3.20. The Hall–Kier alpha value is -2.70. The van der Waals surface area contributed by atoms with E-state index in [1.165, 1.54) is 18.5 Å². The molecule has 7 heteroatoms. The van der Waals surface area contributed by atoms with Crippen molar-refractivity contribution in [3.63, 3.8) is 0 Å². The van der Waals surface area contributed by atoms with Gasteiger partial charge >= 0.3 is 0 Å². The minimum Gasteiger partial charge on any atom is -0.344 e. The third-order valence-corrected chi connectivity index (χ3v) is 4.30. The van der Waals surface area contributed by atoms with Crippen molar-refractivity contribution in [2.75, 3.05) is 13.1 Å². The number of piperidine rings is 1. The predicted octanol–water partition coefficient (Wildman–Crippen LogP) is 2.38. The molecule has 1 N–H and O–H groups in total. The van der Waals surface area contributed by atoms with Gasteiger partial charge in [0.15, 0.2) is 0 Å². The number of nitrogens with one attached hydrogen (secondary N) is 1. The largest absolute Gasteiger partial charge is 0.344 e. The van der Waals surface area contributed by atoms with Crippen LogP contribution in [0.15, 0.2) is 36.9 Å². The molecule has 1 aromatic carbocycles. The molecule has 1 amide bonds. The lowest BCUT2D eigenvalue weighted by Gasteiger charge is -2.33. The molecule has 1 aliphatic rings. The van der Waals surface area contributed by atoms with Gasteiger partial charge in [0.1, 0.15) is 11.3 Å². The molecule has 4 rings (SSSR count). The van der Waals surface area contributed by atoms with Crippen LogP contribution < -0.4 is 0 Å². The van der Waals surface area contributed by atoms with Crippen LogP contribution in [0.4, 0.5) is 4.39 Å². The van der Waals surface area contributed by atoms with Gasteiger partial charge in [-0.2, -0.15) is 5.10 Å². The highest BCUT2D eigenvalue weighted by Gasteiger charge is 2.27. The van der Waals surface area contributed by atoms with Crippen LogP contribution in [0.3, 0.4) is 0 Å². The summed E-state index contributed by atoms with van der Waals surface area (Å²) in [5.74, 6) is -0.621. The maximum atomic E-state index is 13.8. The number of aromatic nitrogens is 4. The predicted molar refractivity (Wildman–Crippen MR) is 82.5 cm³/mol. The Morgan fingerprint density at radius 2 is 2.30 bits per heavy atom. The second-order valence-electron chi connectivity index (χ2n) is 5.79. The Labute approximate surface area is 131 Å². The first-order chi connectivity index (χ1) is 11.2. The number of carbonyl (C=O) groups is 1. The van der Waals surface area contributed by atoms with Crippen molar-refractivity contribution in [2.45, 2.75) is 18.9 Å². The number of hydrogen-bond donors (Lipinski definition) is 1. The smallest absolute Gasteiger partial charge is 0.256 e. The summed E-state index contributed by atoms with van der Waals surface area (Å²) in [7, 11) is 0. The van der Waals surface area contributed by atoms with E-state index in [9.17, 15) is 9.18 Å². The molecule has 6 nitrogen and oxygen atoms in total. The molecule has 118 valence electrons. The van der Waals surface area contributed by atoms with Crippen LogP contribution in [0, 0.1) is 5.82 Å². The highest BCUT2D eigenvalue weighted by Crippen LogP contribution is 2.24. The van der Waals surface area contributed by atoms with E-state index in [-0.39, 0.29) is 11.9 Å². The summed E-state index contributed by atoms with van der Waals surface area (Å²) in [6.07, 6.45) is 7.00. The molecule has 3 aromatic rings. The van der Waals surface area contributed by atoms with Crippen molar-refractivity contribution in [1.82, 2.24) is 24.6 Å². The minimum absolute atomic E-state index is 0.158. The van der Waals surface area contributed by atoms with Gasteiger partial charge in [-0.15, -0.1) is 0 Å². The van der Waals surface area contributed by atoms with Crippen LogP contribution in [0.5, 0.6) is 0 Å². The number of likely N-dealkylation sites (tertiary alicyclic amines) is 1. The minimum atomic E-state index is -0.439. The Bertz CT molecular complexity index is 841. The Morgan fingerprint density at radius 1 is 1.39 bits per heavy atom. The van der Waals surface area contributed by atoms with E-state index >= 15 is 0 Å². The third kappa shape index (κ3) is 2.48. The molecule has 1 unspecified atom stereocenters. The molecule has 0 spiro atoms. The molecule has 0 bridgehead atoms. The van der Waals surface area contributed by atoms with E-state index in [1.54, 1.807) is 11.1 Å². The number of nitrogens with zero attached hydrogens (tertiary/aromatic N) is 4. The van der Waals surface area contributed by atoms with E-state index in [4.69, 9.17) is 0 Å². The Morgan fingerprint density at radius 3 is 3.13 bits per heavy atom. The lowest BCUT2D eigenvalue weighted by Crippen LogP contribution is -2.41. The number of rotatable bonds is 2. The summed E-state index contributed by atoms with van der Waals surface area (Å²) in [6, 6.07) is 4.65. The molecule has 3 heterocycles. The monoisotopic (exact) mass is 313 g/mol. The van der Waals surface area contributed by atoms with Crippen LogP contribution >= 0.6 is 0 Å². The molecular weight excluding hydrogens is 297 g/mol. The van der Waals surface area contributed by atoms with Crippen LogP contribution in [0.25, 0.3) is 11.0 Å². The number of amides is 1. The zero-order valence-corrected chi connectivity index (χ0v) is 12.4. The average molecular weight is 313 g/mol. The van der Waals surface area contributed by atoms with Gasteiger partial charge in [0.05, 0.1) is 23.4 Å². The fraction of sp³-hybridized carbons (Fsp3) is 0.312. The fourth-order valence-corrected chi connectivity index (χ4v) is 3.20. The van der Waals surface area contributed by atoms with Gasteiger partial charge in [0.25, 0.3) is 5.91 Å². The maximum Gasteiger partial charge on any atom is 0.256 e. The van der Waals surface area contributed by atoms with Gasteiger partial charge in [0.2, 0.25) is 0 Å². The molecular formula is C16H16FN5O. The topological polar surface area (TPSA) is 66.8 Å². The first-order valence-electron chi connectivity index (χ1n) is 7.63. The van der Waals surface area contributed by atoms with Gasteiger partial charge in [-0.1, -0.05) is 0 Å². The molecule has 0 radical (unpaired) electrons. The van der Waals surface area contributed by atoms with Crippen molar-refractivity contribution in [3.8, 4) is 0 Å². The summed E-state index contributed by atoms with van der Waals surface area (Å²) < 4.78 is 15.7. The summed E-state index contributed by atoms with van der Waals surface area (Å²) in [5, 5.41) is 4.26. The van der Waals surface area contributed by atoms with Gasteiger partial charge in [-0.05, 0) is 31.0 Å². The van der Waals surface area contributed by atoms with E-state index in [0.717, 1.165) is 12.8 Å². The van der Waals surface area contributed by atoms with Crippen molar-refractivity contribution in [2.24, 2.45) is 0 Å². The lowest BCUT2D eigenvalue weighted by atomic mass is 10.0. The average Bonchev–Trinajstić information content (AvgIpc) is 3.24. The van der Waals surface area contributed by atoms with Crippen molar-refractivity contribution in [3.05, 3.63) is 48.3 Å². The van der Waals surface area contributed by atoms with Gasteiger partial charge in [0, 0.05) is 25.5 Å². The third-order valence-electron chi connectivity index (χ3n) is 4.30. The quantitative estimate of drug-likeness (QED) is 0.790. The number of carbonyl (C=O) groups excluding carboxylic acids is 1. The normalized spacial score (nSPS) is 18.5. The van der Waals surface area contributed by atoms with Crippen LogP contribution in [0.2, 0.25) is 0 Å². The number of hydrogen-bond acceptors (Lipinski definition) is 3. The van der Waals surface area contributed by atoms with E-state index in [1.807, 2.05) is 16.9 Å². The number of fused-ring (bicyclic) bond motifs is 1. The lowest BCUT2D eigenvalue weighted by molar-refractivity contribution is 0.0674. The number of benzene rings is 1. The zero-order chi connectivity index (χ0) is 15.8. The molecule has 0 saturated carbocycles. The maximum absolute atomic E-state index is 13.8. The van der Waals surface area contributed by atoms with E-state index in [2.05, 4.69) is 15.1 Å². The number of aromatic amines is 1. The van der Waals surface area contributed by atoms with Gasteiger partial charge < -0.3 is 9.88 Å². The summed E-state index contributed by atoms with van der Waals surface area (Å²) in [6.45, 7) is 1.24. The second-order valence-corrected chi connectivity index (χ2v) is 5.79. The molecule has 1 fully saturated rings. The first kappa shape index (κ1) is 13.9. The molecule has 1 saturated heterocycles. The van der Waals surface area contributed by atoms with E-state index < -0.39 is 5.82 Å². The van der Waals surface area contributed by atoms with Crippen LogP contribution in [0.1, 0.15) is 29.2 Å². The molecule has 1 aliphatic heterocycles. The molecule has 2 aromatic heterocycles. The standard InChI is InChI=1S/C16H16FN5O/c17-11-7-13(15-14(8-11)18-10-19-15)16(23)21-5-1-3-12(9-21)22-6-2-4-20-22/h2,4,6-8,10,12H,1,3,5,9H2,(H,18,19). The Balaban J connectivity index is 1.64. The Kier molecular flexibility index (Phi) is 3.33. The zero-order valence-electron chi connectivity index (χ0n) is 12.4. The highest BCUT2D eigenvalue weighted by atomic mass is 19.1. The summed E-state index contributed by atoms with van der Waals surface area (Å²) in [5.41, 5.74) is 1.36. The molecule has 1 atom stereocenters. The number of halogens is 1. The second kappa shape index (κ2) is 5.49. The molecule has 23 heavy (non-hydrogen) atoms. The number of imidazole rings is 1. The van der Waals surface area contributed by atoms with Crippen LogP contribution in [-0.4, -0.2) is 43.6 Å². The van der Waals surface area contributed by atoms with Crippen LogP contribution in [-0.2, 0) is 0 Å². The van der Waals surface area contributed by atoms with Crippen molar-refractivity contribution < 1.29 is 9.18 Å². The SMILES string of the molecule is O=C(c1cc(F)cc2[nH]cnc12)N1CCCC(n2cccn2)C1. The summed E-state index contributed by atoms with van der Waals surface area (Å²) >= 11 is 0. The van der Waals surface area contributed by atoms with Crippen molar-refractivity contribution in [1.29, 1.82) is 0 Å². The van der Waals surface area contributed by atoms with Gasteiger partial charge in [-0.25, -0.2) is 9.37 Å². The van der Waals surface area contributed by atoms with Crippen molar-refractivity contribution >= 4 is 16.9 Å². The number of H-pyrrole nitrogens is 1. The van der Waals surface area contributed by atoms with E-state index in [0.29, 0.717) is 29.7 Å².